The van der Waals surface area contributed by atoms with Crippen LogP contribution in [0.25, 0.3) is 0 Å². The molecule has 1 aliphatic heterocycles. The monoisotopic (exact) mass is 271 g/mol. The number of carbonyl (C=O) groups is 1. The predicted molar refractivity (Wildman–Crippen MR) is 60.6 cm³/mol. The summed E-state index contributed by atoms with van der Waals surface area (Å²) in [6.45, 7) is 5.80. The van der Waals surface area contributed by atoms with Crippen LogP contribution in [0.4, 0.5) is 0 Å². The zero-order valence-electron chi connectivity index (χ0n) is 9.30. The van der Waals surface area contributed by atoms with E-state index in [1.165, 1.54) is 0 Å². The van der Waals surface area contributed by atoms with Crippen LogP contribution in [0, 0.1) is 0 Å². The average molecular weight is 272 g/mol. The van der Waals surface area contributed by atoms with E-state index in [-0.39, 0.29) is 11.9 Å². The Hall–Kier alpha value is -0.770. The fourth-order valence-electron chi connectivity index (χ4n) is 2.09. The van der Waals surface area contributed by atoms with Crippen molar-refractivity contribution in [1.82, 2.24) is 4.90 Å². The van der Waals surface area contributed by atoms with Gasteiger partial charge in [-0.25, -0.2) is 0 Å². The molecule has 0 saturated heterocycles. The van der Waals surface area contributed by atoms with Gasteiger partial charge in [0.05, 0.1) is 6.04 Å². The molecule has 0 saturated carbocycles. The van der Waals surface area contributed by atoms with Gasteiger partial charge < -0.3 is 9.32 Å². The second kappa shape index (κ2) is 3.11. The van der Waals surface area contributed by atoms with Crippen LogP contribution < -0.4 is 0 Å². The van der Waals surface area contributed by atoms with Crippen LogP contribution in [0.3, 0.4) is 0 Å². The van der Waals surface area contributed by atoms with Gasteiger partial charge in [0.2, 0.25) is 5.91 Å². The zero-order chi connectivity index (χ0) is 11.4. The number of rotatable bonds is 0. The number of furan rings is 1. The van der Waals surface area contributed by atoms with E-state index in [2.05, 4.69) is 15.9 Å². The topological polar surface area (TPSA) is 33.5 Å². The smallest absolute Gasteiger partial charge is 0.236 e. The van der Waals surface area contributed by atoms with E-state index in [0.717, 1.165) is 11.3 Å². The molecule has 1 amide bonds. The van der Waals surface area contributed by atoms with Crippen molar-refractivity contribution in [2.75, 3.05) is 7.05 Å². The van der Waals surface area contributed by atoms with E-state index in [0.29, 0.717) is 4.67 Å². The normalized spacial score (nSPS) is 24.2. The Morgan fingerprint density at radius 2 is 2.13 bits per heavy atom. The minimum Gasteiger partial charge on any atom is -0.453 e. The Labute approximate surface area is 97.6 Å². The molecular weight excluding hydrogens is 258 g/mol. The first-order valence-electron chi connectivity index (χ1n) is 4.92. The summed E-state index contributed by atoms with van der Waals surface area (Å²) in [5.74, 6) is 0.884. The molecular formula is C11H14BrNO2. The first-order chi connectivity index (χ1) is 6.85. The highest BCUT2D eigenvalue weighted by Crippen LogP contribution is 2.42. The summed E-state index contributed by atoms with van der Waals surface area (Å²) < 4.78 is 6.27. The average Bonchev–Trinajstić information content (AvgIpc) is 2.56. The van der Waals surface area contributed by atoms with E-state index < -0.39 is 5.41 Å². The standard InChI is InChI=1S/C11H14BrNO2/c1-6-7-5-8(12)15-9(7)11(2,3)10(14)13(6)4/h5-6H,1-4H3. The summed E-state index contributed by atoms with van der Waals surface area (Å²) >= 11 is 3.31. The summed E-state index contributed by atoms with van der Waals surface area (Å²) in [6, 6.07) is 2.03. The number of likely N-dealkylation sites (N-methyl/N-ethyl adjacent to an activating group) is 1. The van der Waals surface area contributed by atoms with Gasteiger partial charge in [0, 0.05) is 12.6 Å². The van der Waals surface area contributed by atoms with Gasteiger partial charge in [-0.15, -0.1) is 0 Å². The van der Waals surface area contributed by atoms with Gasteiger partial charge in [-0.2, -0.15) is 0 Å². The highest BCUT2D eigenvalue weighted by Gasteiger charge is 2.44. The quantitative estimate of drug-likeness (QED) is 0.727. The van der Waals surface area contributed by atoms with Crippen LogP contribution in [-0.4, -0.2) is 17.9 Å². The number of amides is 1. The molecule has 1 atom stereocenters. The van der Waals surface area contributed by atoms with Crippen LogP contribution in [0.1, 0.15) is 38.1 Å². The molecule has 1 aliphatic rings. The van der Waals surface area contributed by atoms with Crippen molar-refractivity contribution in [3.63, 3.8) is 0 Å². The Morgan fingerprint density at radius 3 is 2.73 bits per heavy atom. The summed E-state index contributed by atoms with van der Waals surface area (Å²) in [7, 11) is 1.83. The summed E-state index contributed by atoms with van der Waals surface area (Å²) in [4.78, 5) is 13.8. The Morgan fingerprint density at radius 1 is 1.53 bits per heavy atom. The van der Waals surface area contributed by atoms with Crippen molar-refractivity contribution in [2.45, 2.75) is 32.2 Å². The van der Waals surface area contributed by atoms with Crippen molar-refractivity contribution >= 4 is 21.8 Å². The SMILES string of the molecule is CC1c2cc(Br)oc2C(C)(C)C(=O)N1C. The molecule has 0 radical (unpaired) electrons. The lowest BCUT2D eigenvalue weighted by atomic mass is 9.81. The molecule has 0 aliphatic carbocycles. The van der Waals surface area contributed by atoms with Gasteiger partial charge in [0.15, 0.2) is 4.67 Å². The second-order valence-corrected chi connectivity index (χ2v) is 5.33. The number of nitrogens with zero attached hydrogens (tertiary/aromatic N) is 1. The maximum absolute atomic E-state index is 12.1. The van der Waals surface area contributed by atoms with E-state index in [1.807, 2.05) is 33.9 Å². The lowest BCUT2D eigenvalue weighted by Crippen LogP contribution is -2.46. The minimum atomic E-state index is -0.567. The van der Waals surface area contributed by atoms with Crippen molar-refractivity contribution < 1.29 is 9.21 Å². The van der Waals surface area contributed by atoms with Crippen molar-refractivity contribution in [2.24, 2.45) is 0 Å². The van der Waals surface area contributed by atoms with E-state index in [1.54, 1.807) is 4.90 Å². The lowest BCUT2D eigenvalue weighted by Gasteiger charge is -2.38. The van der Waals surface area contributed by atoms with Crippen LogP contribution in [0.15, 0.2) is 15.2 Å². The van der Waals surface area contributed by atoms with Crippen LogP contribution in [0.2, 0.25) is 0 Å². The predicted octanol–water partition coefficient (Wildman–Crippen LogP) is 2.85. The second-order valence-electron chi connectivity index (χ2n) is 4.55. The van der Waals surface area contributed by atoms with Gasteiger partial charge >= 0.3 is 0 Å². The van der Waals surface area contributed by atoms with Crippen LogP contribution in [-0.2, 0) is 10.2 Å². The third-order valence-electron chi connectivity index (χ3n) is 3.18. The zero-order valence-corrected chi connectivity index (χ0v) is 10.9. The molecule has 0 fully saturated rings. The Bertz CT molecular complexity index is 422. The fraction of sp³-hybridized carbons (Fsp3) is 0.545. The van der Waals surface area contributed by atoms with E-state index >= 15 is 0 Å². The van der Waals surface area contributed by atoms with Gasteiger partial charge in [-0.1, -0.05) is 0 Å². The van der Waals surface area contributed by atoms with Gasteiger partial charge in [0.1, 0.15) is 11.2 Å². The number of hydrogen-bond donors (Lipinski definition) is 0. The number of fused-ring (bicyclic) bond motifs is 1. The Balaban J connectivity index is 2.65. The van der Waals surface area contributed by atoms with Crippen molar-refractivity contribution in [3.8, 4) is 0 Å². The first-order valence-corrected chi connectivity index (χ1v) is 5.72. The molecule has 1 unspecified atom stereocenters. The van der Waals surface area contributed by atoms with E-state index in [4.69, 9.17) is 4.42 Å². The molecule has 4 heteroatoms. The molecule has 2 heterocycles. The summed E-state index contributed by atoms with van der Waals surface area (Å²) in [5, 5.41) is 0. The van der Waals surface area contributed by atoms with Crippen LogP contribution in [0.5, 0.6) is 0 Å². The maximum atomic E-state index is 12.1. The van der Waals surface area contributed by atoms with E-state index in [9.17, 15) is 4.79 Å². The summed E-state index contributed by atoms with van der Waals surface area (Å²) in [6.07, 6.45) is 0. The molecule has 2 rings (SSSR count). The van der Waals surface area contributed by atoms with Gasteiger partial charge in [-0.3, -0.25) is 4.79 Å². The largest absolute Gasteiger partial charge is 0.453 e. The fourth-order valence-corrected chi connectivity index (χ4v) is 2.50. The van der Waals surface area contributed by atoms with Crippen molar-refractivity contribution in [3.05, 3.63) is 22.1 Å². The first kappa shape index (κ1) is 10.7. The third-order valence-corrected chi connectivity index (χ3v) is 3.58. The highest BCUT2D eigenvalue weighted by molar-refractivity contribution is 9.10. The van der Waals surface area contributed by atoms with Gasteiger partial charge in [-0.05, 0) is 42.8 Å². The number of halogens is 1. The number of carbonyl (C=O) groups excluding carboxylic acids is 1. The molecule has 3 nitrogen and oxygen atoms in total. The van der Waals surface area contributed by atoms with Crippen LogP contribution >= 0.6 is 15.9 Å². The molecule has 1 aromatic rings. The molecule has 1 aromatic heterocycles. The lowest BCUT2D eigenvalue weighted by molar-refractivity contribution is -0.139. The van der Waals surface area contributed by atoms with Crippen molar-refractivity contribution in [1.29, 1.82) is 0 Å². The minimum absolute atomic E-state index is 0.0792. The molecule has 0 aromatic carbocycles. The molecule has 82 valence electrons. The van der Waals surface area contributed by atoms with Gasteiger partial charge in [0.25, 0.3) is 0 Å². The highest BCUT2D eigenvalue weighted by atomic mass is 79.9. The molecule has 15 heavy (non-hydrogen) atoms. The summed E-state index contributed by atoms with van der Waals surface area (Å²) in [5.41, 5.74) is 0.525. The third kappa shape index (κ3) is 1.34. The molecule has 0 spiro atoms. The number of hydrogen-bond acceptors (Lipinski definition) is 2. The molecule has 0 N–H and O–H groups in total. The maximum Gasteiger partial charge on any atom is 0.236 e. The molecule has 0 bridgehead atoms. The Kier molecular flexibility index (Phi) is 2.23.